The first-order valence-corrected chi connectivity index (χ1v) is 4.98. The van der Waals surface area contributed by atoms with E-state index in [9.17, 15) is 18.3 Å². The average molecular weight is 249 g/mol. The second-order valence-electron chi connectivity index (χ2n) is 4.24. The van der Waals surface area contributed by atoms with E-state index in [1.165, 1.54) is 18.2 Å². The van der Waals surface area contributed by atoms with Crippen LogP contribution in [0.2, 0.25) is 0 Å². The highest BCUT2D eigenvalue weighted by Gasteiger charge is 2.31. The van der Waals surface area contributed by atoms with E-state index in [0.29, 0.717) is 5.69 Å². The molecule has 0 atom stereocenters. The van der Waals surface area contributed by atoms with Crippen LogP contribution in [0.5, 0.6) is 5.75 Å². The van der Waals surface area contributed by atoms with Crippen LogP contribution in [0.4, 0.5) is 18.9 Å². The summed E-state index contributed by atoms with van der Waals surface area (Å²) in [6.07, 6.45) is -4.70. The van der Waals surface area contributed by atoms with Crippen molar-refractivity contribution in [3.05, 3.63) is 24.3 Å². The fourth-order valence-electron chi connectivity index (χ4n) is 1.12. The van der Waals surface area contributed by atoms with Crippen LogP contribution in [0.1, 0.15) is 13.8 Å². The Labute approximate surface area is 97.2 Å². The number of ether oxygens (including phenoxy) is 1. The Morgan fingerprint density at radius 1 is 1.29 bits per heavy atom. The van der Waals surface area contributed by atoms with Crippen LogP contribution < -0.4 is 10.1 Å². The first kappa shape index (κ1) is 13.6. The Hall–Kier alpha value is -1.43. The van der Waals surface area contributed by atoms with Crippen LogP contribution in [-0.4, -0.2) is 23.6 Å². The fourth-order valence-corrected chi connectivity index (χ4v) is 1.12. The Morgan fingerprint density at radius 3 is 2.47 bits per heavy atom. The maximum atomic E-state index is 12.0. The molecule has 0 saturated carbocycles. The Kier molecular flexibility index (Phi) is 3.87. The second kappa shape index (κ2) is 4.83. The monoisotopic (exact) mass is 249 g/mol. The summed E-state index contributed by atoms with van der Waals surface area (Å²) in [4.78, 5) is 0. The van der Waals surface area contributed by atoms with E-state index in [4.69, 9.17) is 0 Å². The Morgan fingerprint density at radius 2 is 1.94 bits per heavy atom. The third kappa shape index (κ3) is 6.01. The molecular weight excluding hydrogens is 235 g/mol. The summed E-state index contributed by atoms with van der Waals surface area (Å²) in [5.74, 6) is -0.293. The van der Waals surface area contributed by atoms with Gasteiger partial charge in [0.1, 0.15) is 5.75 Å². The zero-order chi connectivity index (χ0) is 13.1. The van der Waals surface area contributed by atoms with Gasteiger partial charge in [-0.3, -0.25) is 0 Å². The highest BCUT2D eigenvalue weighted by atomic mass is 19.4. The number of benzene rings is 1. The van der Waals surface area contributed by atoms with Crippen LogP contribution in [0.3, 0.4) is 0 Å². The van der Waals surface area contributed by atoms with Crippen molar-refractivity contribution < 1.29 is 23.0 Å². The van der Waals surface area contributed by atoms with Crippen molar-refractivity contribution >= 4 is 5.69 Å². The summed E-state index contributed by atoms with van der Waals surface area (Å²) in [5, 5.41) is 12.3. The predicted octanol–water partition coefficient (Wildman–Crippen LogP) is 2.77. The molecule has 0 spiro atoms. The van der Waals surface area contributed by atoms with Crippen molar-refractivity contribution in [1.29, 1.82) is 0 Å². The lowest BCUT2D eigenvalue weighted by Crippen LogP contribution is -2.29. The molecule has 0 radical (unpaired) electrons. The van der Waals surface area contributed by atoms with E-state index >= 15 is 0 Å². The molecule has 6 heteroatoms. The van der Waals surface area contributed by atoms with Crippen LogP contribution in [0, 0.1) is 0 Å². The molecule has 96 valence electrons. The van der Waals surface area contributed by atoms with Gasteiger partial charge in [-0.1, -0.05) is 6.07 Å². The molecule has 0 unspecified atom stereocenters. The van der Waals surface area contributed by atoms with Gasteiger partial charge >= 0.3 is 6.36 Å². The van der Waals surface area contributed by atoms with Gasteiger partial charge < -0.3 is 15.2 Å². The molecule has 0 amide bonds. The van der Waals surface area contributed by atoms with Gasteiger partial charge in [0.15, 0.2) is 0 Å². The van der Waals surface area contributed by atoms with Gasteiger partial charge in [0.05, 0.1) is 5.60 Å². The van der Waals surface area contributed by atoms with Gasteiger partial charge in [-0.05, 0) is 26.0 Å². The van der Waals surface area contributed by atoms with E-state index in [2.05, 4.69) is 10.1 Å². The van der Waals surface area contributed by atoms with Crippen molar-refractivity contribution in [2.45, 2.75) is 25.8 Å². The van der Waals surface area contributed by atoms with Gasteiger partial charge in [-0.25, -0.2) is 0 Å². The molecule has 1 aromatic carbocycles. The minimum absolute atomic E-state index is 0.225. The molecule has 0 heterocycles. The van der Waals surface area contributed by atoms with Crippen molar-refractivity contribution in [3.8, 4) is 5.75 Å². The average Bonchev–Trinajstić information content (AvgIpc) is 2.11. The molecule has 0 aliphatic carbocycles. The van der Waals surface area contributed by atoms with Gasteiger partial charge in [0, 0.05) is 18.3 Å². The summed E-state index contributed by atoms with van der Waals surface area (Å²) in [5.41, 5.74) is -0.491. The van der Waals surface area contributed by atoms with Crippen molar-refractivity contribution in [2.75, 3.05) is 11.9 Å². The van der Waals surface area contributed by atoms with Crippen LogP contribution in [-0.2, 0) is 0 Å². The zero-order valence-electron chi connectivity index (χ0n) is 9.51. The third-order valence-electron chi connectivity index (χ3n) is 1.79. The third-order valence-corrected chi connectivity index (χ3v) is 1.79. The predicted molar refractivity (Wildman–Crippen MR) is 57.9 cm³/mol. The minimum Gasteiger partial charge on any atom is -0.406 e. The minimum atomic E-state index is -4.70. The molecular formula is C11H14F3NO2. The van der Waals surface area contributed by atoms with Crippen molar-refractivity contribution in [1.82, 2.24) is 0 Å². The smallest absolute Gasteiger partial charge is 0.406 e. The molecule has 0 bridgehead atoms. The molecule has 3 nitrogen and oxygen atoms in total. The van der Waals surface area contributed by atoms with Gasteiger partial charge in [0.25, 0.3) is 0 Å². The maximum Gasteiger partial charge on any atom is 0.573 e. The van der Waals surface area contributed by atoms with E-state index < -0.39 is 12.0 Å². The number of nitrogens with one attached hydrogen (secondary N) is 1. The van der Waals surface area contributed by atoms with E-state index in [0.717, 1.165) is 0 Å². The summed E-state index contributed by atoms with van der Waals surface area (Å²) >= 11 is 0. The molecule has 17 heavy (non-hydrogen) atoms. The zero-order valence-corrected chi connectivity index (χ0v) is 9.51. The highest BCUT2D eigenvalue weighted by Crippen LogP contribution is 2.25. The standard InChI is InChI=1S/C11H14F3NO2/c1-10(2,16)7-15-8-4-3-5-9(6-8)17-11(12,13)14/h3-6,15-16H,7H2,1-2H3. The molecule has 0 aliphatic heterocycles. The summed E-state index contributed by atoms with van der Waals surface area (Å²) in [7, 11) is 0. The molecule has 2 N–H and O–H groups in total. The topological polar surface area (TPSA) is 41.5 Å². The molecule has 1 rings (SSSR count). The number of anilines is 1. The van der Waals surface area contributed by atoms with Gasteiger partial charge in [-0.15, -0.1) is 13.2 Å². The summed E-state index contributed by atoms with van der Waals surface area (Å²) in [6.45, 7) is 3.41. The maximum absolute atomic E-state index is 12.0. The van der Waals surface area contributed by atoms with Crippen molar-refractivity contribution in [2.24, 2.45) is 0 Å². The summed E-state index contributed by atoms with van der Waals surface area (Å²) < 4.78 is 39.7. The largest absolute Gasteiger partial charge is 0.573 e. The number of alkyl halides is 3. The lowest BCUT2D eigenvalue weighted by atomic mass is 10.1. The van der Waals surface area contributed by atoms with E-state index in [1.807, 2.05) is 0 Å². The normalized spacial score (nSPS) is 12.4. The lowest BCUT2D eigenvalue weighted by Gasteiger charge is -2.19. The van der Waals surface area contributed by atoms with E-state index in [1.54, 1.807) is 19.9 Å². The molecule has 1 aromatic rings. The Bertz CT molecular complexity index is 372. The number of hydrogen-bond acceptors (Lipinski definition) is 3. The van der Waals surface area contributed by atoms with E-state index in [-0.39, 0.29) is 12.3 Å². The van der Waals surface area contributed by atoms with Crippen LogP contribution >= 0.6 is 0 Å². The van der Waals surface area contributed by atoms with Gasteiger partial charge in [-0.2, -0.15) is 0 Å². The number of aliphatic hydroxyl groups is 1. The lowest BCUT2D eigenvalue weighted by molar-refractivity contribution is -0.274. The Balaban J connectivity index is 2.66. The first-order valence-electron chi connectivity index (χ1n) is 4.98. The number of rotatable bonds is 4. The molecule has 0 aliphatic rings. The highest BCUT2D eigenvalue weighted by molar-refractivity contribution is 5.48. The fraction of sp³-hybridized carbons (Fsp3) is 0.455. The molecule has 0 fully saturated rings. The first-order chi connectivity index (χ1) is 7.66. The number of halogens is 3. The van der Waals surface area contributed by atoms with Crippen LogP contribution in [0.25, 0.3) is 0 Å². The SMILES string of the molecule is CC(C)(O)CNc1cccc(OC(F)(F)F)c1. The second-order valence-corrected chi connectivity index (χ2v) is 4.24. The van der Waals surface area contributed by atoms with Crippen molar-refractivity contribution in [3.63, 3.8) is 0 Å². The molecule has 0 saturated heterocycles. The molecule has 0 aromatic heterocycles. The van der Waals surface area contributed by atoms with Gasteiger partial charge in [0.2, 0.25) is 0 Å². The van der Waals surface area contributed by atoms with Crippen LogP contribution in [0.15, 0.2) is 24.3 Å². The summed E-state index contributed by atoms with van der Waals surface area (Å²) in [6, 6.07) is 5.46. The quantitative estimate of drug-likeness (QED) is 0.862. The number of hydrogen-bond donors (Lipinski definition) is 2.